The SMILES string of the molecule is C[C@@H](O)Cn1cc(Nc2ncc(F)c(N[C@@H]3[C@H](C(N)=O)[C@H]4C=C[C@@H]3C4)n2)cn1. The van der Waals surface area contributed by atoms with Gasteiger partial charge in [0.15, 0.2) is 11.6 Å². The smallest absolute Gasteiger partial charge is 0.229 e. The molecular weight excluding hydrogens is 365 g/mol. The minimum Gasteiger partial charge on any atom is -0.391 e. The number of rotatable bonds is 7. The summed E-state index contributed by atoms with van der Waals surface area (Å²) in [4.78, 5) is 20.0. The second-order valence-electron chi connectivity index (χ2n) is 7.36. The van der Waals surface area contributed by atoms with Gasteiger partial charge in [-0.25, -0.2) is 9.37 Å². The van der Waals surface area contributed by atoms with Crippen LogP contribution < -0.4 is 16.4 Å². The Morgan fingerprint density at radius 2 is 2.21 bits per heavy atom. The lowest BCUT2D eigenvalue weighted by atomic mass is 9.88. The van der Waals surface area contributed by atoms with Crippen molar-refractivity contribution in [3.8, 4) is 0 Å². The van der Waals surface area contributed by atoms with Crippen LogP contribution in [-0.4, -0.2) is 42.9 Å². The van der Waals surface area contributed by atoms with Crippen molar-refractivity contribution in [3.05, 3.63) is 36.6 Å². The number of allylic oxidation sites excluding steroid dienone is 1. The number of amides is 1. The van der Waals surface area contributed by atoms with E-state index in [0.717, 1.165) is 12.6 Å². The number of nitrogens with one attached hydrogen (secondary N) is 2. The van der Waals surface area contributed by atoms with E-state index in [1.165, 1.54) is 0 Å². The summed E-state index contributed by atoms with van der Waals surface area (Å²) in [7, 11) is 0. The average Bonchev–Trinajstić information content (AvgIpc) is 3.33. The third kappa shape index (κ3) is 3.55. The molecule has 2 bridgehead atoms. The average molecular weight is 387 g/mol. The van der Waals surface area contributed by atoms with E-state index < -0.39 is 17.8 Å². The quantitative estimate of drug-likeness (QED) is 0.522. The minimum absolute atomic E-state index is 0.0195. The molecule has 0 spiro atoms. The summed E-state index contributed by atoms with van der Waals surface area (Å²) >= 11 is 0. The zero-order chi connectivity index (χ0) is 19.8. The molecule has 0 unspecified atom stereocenters. The van der Waals surface area contributed by atoms with E-state index in [0.29, 0.717) is 12.2 Å². The first-order chi connectivity index (χ1) is 13.4. The second-order valence-corrected chi connectivity index (χ2v) is 7.36. The molecule has 10 heteroatoms. The van der Waals surface area contributed by atoms with Crippen LogP contribution >= 0.6 is 0 Å². The highest BCUT2D eigenvalue weighted by molar-refractivity contribution is 5.79. The van der Waals surface area contributed by atoms with E-state index in [-0.39, 0.29) is 35.6 Å². The number of aromatic nitrogens is 4. The van der Waals surface area contributed by atoms with Crippen LogP contribution in [0, 0.1) is 23.6 Å². The largest absolute Gasteiger partial charge is 0.391 e. The number of hydrogen-bond donors (Lipinski definition) is 4. The number of hydrogen-bond acceptors (Lipinski definition) is 7. The van der Waals surface area contributed by atoms with Gasteiger partial charge in [0.1, 0.15) is 0 Å². The van der Waals surface area contributed by atoms with Crippen molar-refractivity contribution < 1.29 is 14.3 Å². The van der Waals surface area contributed by atoms with Crippen molar-refractivity contribution in [2.45, 2.75) is 32.0 Å². The molecule has 9 nitrogen and oxygen atoms in total. The summed E-state index contributed by atoms with van der Waals surface area (Å²) < 4.78 is 15.9. The molecule has 148 valence electrons. The summed E-state index contributed by atoms with van der Waals surface area (Å²) in [6.45, 7) is 2.02. The third-order valence-electron chi connectivity index (χ3n) is 5.18. The number of primary amides is 1. The zero-order valence-corrected chi connectivity index (χ0v) is 15.3. The molecule has 1 fully saturated rings. The predicted octanol–water partition coefficient (Wildman–Crippen LogP) is 1.02. The van der Waals surface area contributed by atoms with Crippen molar-refractivity contribution >= 4 is 23.4 Å². The Morgan fingerprint density at radius 1 is 1.43 bits per heavy atom. The maximum Gasteiger partial charge on any atom is 0.229 e. The van der Waals surface area contributed by atoms with E-state index in [1.54, 1.807) is 24.0 Å². The first-order valence-electron chi connectivity index (χ1n) is 9.15. The molecule has 1 amide bonds. The van der Waals surface area contributed by atoms with Crippen LogP contribution in [0.4, 0.5) is 21.8 Å². The molecule has 28 heavy (non-hydrogen) atoms. The summed E-state index contributed by atoms with van der Waals surface area (Å²) in [6.07, 6.45) is 8.66. The summed E-state index contributed by atoms with van der Waals surface area (Å²) in [5, 5.41) is 19.6. The van der Waals surface area contributed by atoms with Gasteiger partial charge in [-0.1, -0.05) is 12.2 Å². The lowest BCUT2D eigenvalue weighted by Crippen LogP contribution is -2.41. The van der Waals surface area contributed by atoms with Gasteiger partial charge in [0.05, 0.1) is 36.6 Å². The number of carbonyl (C=O) groups is 1. The third-order valence-corrected chi connectivity index (χ3v) is 5.18. The fourth-order valence-corrected chi connectivity index (χ4v) is 4.02. The molecule has 1 saturated carbocycles. The number of anilines is 3. The fourth-order valence-electron chi connectivity index (χ4n) is 4.02. The van der Waals surface area contributed by atoms with Gasteiger partial charge in [-0.05, 0) is 25.2 Å². The maximum absolute atomic E-state index is 14.3. The van der Waals surface area contributed by atoms with Gasteiger partial charge in [0.2, 0.25) is 11.9 Å². The van der Waals surface area contributed by atoms with Crippen molar-refractivity contribution in [1.82, 2.24) is 19.7 Å². The standard InChI is InChI=1S/C18H22FN7O2/c1-9(27)7-26-8-12(5-22-26)23-18-21-6-13(19)17(25-18)24-15-11-3-2-10(4-11)14(15)16(20)28/h2-3,5-6,8-11,14-15,27H,4,7H2,1H3,(H2,20,28)(H2,21,23,24,25)/t9-,10+,11-,14-,15+/m1/s1. The molecule has 4 rings (SSSR count). The Hall–Kier alpha value is -3.01. The number of carbonyl (C=O) groups excluding carboxylic acids is 1. The predicted molar refractivity (Wildman–Crippen MR) is 100 cm³/mol. The van der Waals surface area contributed by atoms with E-state index >= 15 is 0 Å². The summed E-state index contributed by atoms with van der Waals surface area (Å²) in [5.74, 6) is -0.979. The van der Waals surface area contributed by atoms with Crippen LogP contribution in [0.2, 0.25) is 0 Å². The molecule has 2 aromatic heterocycles. The lowest BCUT2D eigenvalue weighted by Gasteiger charge is -2.27. The molecule has 0 radical (unpaired) electrons. The van der Waals surface area contributed by atoms with Gasteiger partial charge in [-0.2, -0.15) is 10.1 Å². The van der Waals surface area contributed by atoms with Gasteiger partial charge in [0.25, 0.3) is 0 Å². The monoisotopic (exact) mass is 387 g/mol. The van der Waals surface area contributed by atoms with Crippen molar-refractivity contribution in [3.63, 3.8) is 0 Å². The van der Waals surface area contributed by atoms with E-state index in [2.05, 4.69) is 25.7 Å². The van der Waals surface area contributed by atoms with Gasteiger partial charge in [-0.3, -0.25) is 9.48 Å². The molecule has 0 aliphatic heterocycles. The minimum atomic E-state index is -0.606. The van der Waals surface area contributed by atoms with Crippen LogP contribution in [0.1, 0.15) is 13.3 Å². The number of aliphatic hydroxyl groups excluding tert-OH is 1. The van der Waals surface area contributed by atoms with Crippen LogP contribution in [0.3, 0.4) is 0 Å². The molecule has 5 atom stereocenters. The molecule has 2 aliphatic carbocycles. The van der Waals surface area contributed by atoms with Gasteiger partial charge in [-0.15, -0.1) is 0 Å². The molecule has 0 aromatic carbocycles. The fraction of sp³-hybridized carbons (Fsp3) is 0.444. The number of nitrogens with two attached hydrogens (primary N) is 1. The maximum atomic E-state index is 14.3. The Morgan fingerprint density at radius 3 is 2.96 bits per heavy atom. The molecular formula is C18H22FN7O2. The zero-order valence-electron chi connectivity index (χ0n) is 15.3. The number of fused-ring (bicyclic) bond motifs is 2. The molecule has 2 heterocycles. The van der Waals surface area contributed by atoms with Gasteiger partial charge in [0, 0.05) is 12.2 Å². The normalized spacial score (nSPS) is 26.4. The number of nitrogens with zero attached hydrogens (tertiary/aromatic N) is 4. The van der Waals surface area contributed by atoms with E-state index in [9.17, 15) is 14.3 Å². The second kappa shape index (κ2) is 7.19. The number of halogens is 1. The molecule has 2 aromatic rings. The first-order valence-corrected chi connectivity index (χ1v) is 9.15. The molecule has 2 aliphatic rings. The van der Waals surface area contributed by atoms with E-state index in [4.69, 9.17) is 5.73 Å². The van der Waals surface area contributed by atoms with Crippen molar-refractivity contribution in [2.24, 2.45) is 23.5 Å². The van der Waals surface area contributed by atoms with Crippen LogP contribution in [0.5, 0.6) is 0 Å². The van der Waals surface area contributed by atoms with E-state index in [1.807, 2.05) is 12.2 Å². The summed E-state index contributed by atoms with van der Waals surface area (Å²) in [5.41, 5.74) is 6.16. The summed E-state index contributed by atoms with van der Waals surface area (Å²) in [6, 6.07) is -0.293. The highest BCUT2D eigenvalue weighted by Crippen LogP contribution is 2.44. The van der Waals surface area contributed by atoms with Crippen molar-refractivity contribution in [1.29, 1.82) is 0 Å². The highest BCUT2D eigenvalue weighted by Gasteiger charge is 2.47. The van der Waals surface area contributed by atoms with Crippen LogP contribution in [-0.2, 0) is 11.3 Å². The molecule has 0 saturated heterocycles. The highest BCUT2D eigenvalue weighted by atomic mass is 19.1. The molecule has 5 N–H and O–H groups in total. The Balaban J connectivity index is 1.50. The Bertz CT molecular complexity index is 913. The lowest BCUT2D eigenvalue weighted by molar-refractivity contribution is -0.122. The Labute approximate surface area is 160 Å². The topological polar surface area (TPSA) is 131 Å². The van der Waals surface area contributed by atoms with Gasteiger partial charge >= 0.3 is 0 Å². The van der Waals surface area contributed by atoms with Crippen LogP contribution in [0.15, 0.2) is 30.7 Å². The van der Waals surface area contributed by atoms with Crippen molar-refractivity contribution in [2.75, 3.05) is 10.6 Å². The van der Waals surface area contributed by atoms with Crippen LogP contribution in [0.25, 0.3) is 0 Å². The van der Waals surface area contributed by atoms with Gasteiger partial charge < -0.3 is 21.5 Å². The number of aliphatic hydroxyl groups is 1. The Kier molecular flexibility index (Phi) is 4.71. The first kappa shape index (κ1) is 18.4.